The fourth-order valence-corrected chi connectivity index (χ4v) is 5.08. The number of nitrogens with zero attached hydrogens (tertiary/aromatic N) is 1. The van der Waals surface area contributed by atoms with Gasteiger partial charge in [0, 0.05) is 0 Å². The van der Waals surface area contributed by atoms with Crippen molar-refractivity contribution in [2.24, 2.45) is 0 Å². The fourth-order valence-electron chi connectivity index (χ4n) is 3.55. The van der Waals surface area contributed by atoms with Gasteiger partial charge in [0.05, 0.1) is 10.2 Å². The molecule has 4 amide bonds. The summed E-state index contributed by atoms with van der Waals surface area (Å²) in [6.45, 7) is 5.43. The normalized spacial score (nSPS) is 15.3. The molecular weight excluding hydrogens is 548 g/mol. The van der Waals surface area contributed by atoms with Crippen LogP contribution >= 0.6 is 15.9 Å². The summed E-state index contributed by atoms with van der Waals surface area (Å²) in [5.41, 5.74) is 2.99. The summed E-state index contributed by atoms with van der Waals surface area (Å²) in [7, 11) is -4.07. The second-order valence-corrected chi connectivity index (χ2v) is 10.7. The summed E-state index contributed by atoms with van der Waals surface area (Å²) in [6.07, 6.45) is 1.32. The van der Waals surface area contributed by atoms with Crippen LogP contribution < -0.4 is 14.4 Å². The third kappa shape index (κ3) is 5.09. The van der Waals surface area contributed by atoms with E-state index in [0.717, 1.165) is 16.0 Å². The highest BCUT2D eigenvalue weighted by molar-refractivity contribution is 9.10. The van der Waals surface area contributed by atoms with Crippen molar-refractivity contribution in [3.63, 3.8) is 0 Å². The smallest absolute Gasteiger partial charge is 0.339 e. The molecule has 1 aliphatic heterocycles. The molecule has 10 heteroatoms. The van der Waals surface area contributed by atoms with Gasteiger partial charge >= 0.3 is 16.1 Å². The van der Waals surface area contributed by atoms with Gasteiger partial charge < -0.3 is 4.18 Å². The zero-order chi connectivity index (χ0) is 26.2. The van der Waals surface area contributed by atoms with Gasteiger partial charge in [0.15, 0.2) is 5.75 Å². The van der Waals surface area contributed by atoms with Crippen LogP contribution in [0.4, 0.5) is 10.5 Å². The molecule has 184 valence electrons. The van der Waals surface area contributed by atoms with Crippen LogP contribution in [-0.2, 0) is 19.7 Å². The maximum Gasteiger partial charge on any atom is 0.339 e. The molecule has 0 radical (unpaired) electrons. The summed E-state index contributed by atoms with van der Waals surface area (Å²) in [4.78, 5) is 39.1. The van der Waals surface area contributed by atoms with Gasteiger partial charge in [0.25, 0.3) is 11.8 Å². The molecule has 1 heterocycles. The van der Waals surface area contributed by atoms with Crippen LogP contribution in [0, 0.1) is 20.8 Å². The van der Waals surface area contributed by atoms with Crippen molar-refractivity contribution in [3.8, 4) is 5.75 Å². The molecule has 36 heavy (non-hydrogen) atoms. The number of carbonyl (C=O) groups is 3. The molecule has 3 aromatic rings. The van der Waals surface area contributed by atoms with E-state index in [2.05, 4.69) is 21.2 Å². The van der Waals surface area contributed by atoms with E-state index in [-0.39, 0.29) is 16.2 Å². The van der Waals surface area contributed by atoms with Crippen molar-refractivity contribution in [2.45, 2.75) is 25.7 Å². The highest BCUT2D eigenvalue weighted by Gasteiger charge is 2.37. The Bertz CT molecular complexity index is 1550. The largest absolute Gasteiger partial charge is 0.378 e. The molecular formula is C26H21BrN2O6S. The number of hydrogen-bond acceptors (Lipinski definition) is 6. The average molecular weight is 569 g/mol. The summed E-state index contributed by atoms with van der Waals surface area (Å²) in [6, 6.07) is 15.1. The molecule has 4 rings (SSSR count). The molecule has 1 aliphatic rings. The Morgan fingerprint density at radius 1 is 0.889 bits per heavy atom. The lowest BCUT2D eigenvalue weighted by atomic mass is 10.0. The van der Waals surface area contributed by atoms with Crippen LogP contribution in [0.2, 0.25) is 0 Å². The molecule has 1 fully saturated rings. The van der Waals surface area contributed by atoms with Crippen molar-refractivity contribution in [1.82, 2.24) is 5.32 Å². The second kappa shape index (κ2) is 9.71. The first-order chi connectivity index (χ1) is 17.0. The standard InChI is InChI=1S/C26H21BrN2O6S/c1-15-5-9-19(10-6-15)36(33,34)35-23-11-8-18(14-21(23)27)13-20-24(30)28-26(32)29(25(20)31)22-12-16(2)4-7-17(22)3/h4-14H,1-3H3,(H,28,30,32)/b20-13+. The van der Waals surface area contributed by atoms with E-state index in [1.807, 2.05) is 19.9 Å². The van der Waals surface area contributed by atoms with Crippen molar-refractivity contribution in [1.29, 1.82) is 0 Å². The number of benzene rings is 3. The van der Waals surface area contributed by atoms with E-state index in [1.165, 1.54) is 36.4 Å². The Morgan fingerprint density at radius 3 is 2.22 bits per heavy atom. The number of carbonyl (C=O) groups excluding carboxylic acids is 3. The van der Waals surface area contributed by atoms with E-state index in [0.29, 0.717) is 21.3 Å². The number of halogens is 1. The van der Waals surface area contributed by atoms with Gasteiger partial charge in [0.2, 0.25) is 0 Å². The number of nitrogens with one attached hydrogen (secondary N) is 1. The third-order valence-electron chi connectivity index (χ3n) is 5.48. The predicted molar refractivity (Wildman–Crippen MR) is 138 cm³/mol. The van der Waals surface area contributed by atoms with Gasteiger partial charge in [-0.2, -0.15) is 8.42 Å². The van der Waals surface area contributed by atoms with Crippen molar-refractivity contribution >= 4 is 55.7 Å². The topological polar surface area (TPSA) is 110 Å². The first-order valence-corrected chi connectivity index (χ1v) is 13.0. The maximum absolute atomic E-state index is 13.2. The zero-order valence-electron chi connectivity index (χ0n) is 19.5. The molecule has 3 aromatic carbocycles. The number of hydrogen-bond donors (Lipinski definition) is 1. The van der Waals surface area contributed by atoms with Crippen LogP contribution in [0.15, 0.2) is 75.6 Å². The van der Waals surface area contributed by atoms with Gasteiger partial charge in [-0.3, -0.25) is 14.9 Å². The molecule has 8 nitrogen and oxygen atoms in total. The van der Waals surface area contributed by atoms with Gasteiger partial charge in [-0.1, -0.05) is 35.9 Å². The van der Waals surface area contributed by atoms with Crippen LogP contribution in [0.5, 0.6) is 5.75 Å². The van der Waals surface area contributed by atoms with Crippen molar-refractivity contribution in [2.75, 3.05) is 4.90 Å². The first-order valence-electron chi connectivity index (χ1n) is 10.8. The Kier molecular flexibility index (Phi) is 6.83. The number of barbiturate groups is 1. The average Bonchev–Trinajstić information content (AvgIpc) is 2.80. The fraction of sp³-hybridized carbons (Fsp3) is 0.115. The Morgan fingerprint density at radius 2 is 1.56 bits per heavy atom. The molecule has 0 bridgehead atoms. The van der Waals surface area contributed by atoms with E-state index >= 15 is 0 Å². The van der Waals surface area contributed by atoms with Gasteiger partial charge in [0.1, 0.15) is 10.5 Å². The van der Waals surface area contributed by atoms with Gasteiger partial charge in [-0.15, -0.1) is 0 Å². The Hall–Kier alpha value is -3.76. The molecule has 0 unspecified atom stereocenters. The summed E-state index contributed by atoms with van der Waals surface area (Å²) >= 11 is 3.29. The Balaban J connectivity index is 1.64. The van der Waals surface area contributed by atoms with Gasteiger partial charge in [-0.25, -0.2) is 9.69 Å². The molecule has 0 aliphatic carbocycles. The van der Waals surface area contributed by atoms with E-state index in [1.54, 1.807) is 31.2 Å². The minimum atomic E-state index is -4.07. The number of anilines is 1. The SMILES string of the molecule is Cc1ccc(S(=O)(=O)Oc2ccc(/C=C3\C(=O)NC(=O)N(c4cc(C)ccc4C)C3=O)cc2Br)cc1. The lowest BCUT2D eigenvalue weighted by molar-refractivity contribution is -0.122. The monoisotopic (exact) mass is 568 g/mol. The number of amides is 4. The highest BCUT2D eigenvalue weighted by atomic mass is 79.9. The number of imide groups is 2. The Labute approximate surface area is 216 Å². The minimum absolute atomic E-state index is 0.00636. The maximum atomic E-state index is 13.2. The van der Waals surface area contributed by atoms with Crippen LogP contribution in [-0.4, -0.2) is 26.3 Å². The highest BCUT2D eigenvalue weighted by Crippen LogP contribution is 2.31. The summed E-state index contributed by atoms with van der Waals surface area (Å²) in [5.74, 6) is -1.56. The van der Waals surface area contributed by atoms with Crippen LogP contribution in [0.1, 0.15) is 22.3 Å². The molecule has 0 aromatic heterocycles. The predicted octanol–water partition coefficient (Wildman–Crippen LogP) is 4.81. The lowest BCUT2D eigenvalue weighted by Gasteiger charge is -2.27. The van der Waals surface area contributed by atoms with E-state index < -0.39 is 28.0 Å². The summed E-state index contributed by atoms with van der Waals surface area (Å²) in [5, 5.41) is 2.20. The van der Waals surface area contributed by atoms with Crippen LogP contribution in [0.25, 0.3) is 6.08 Å². The van der Waals surface area contributed by atoms with Crippen molar-refractivity contribution < 1.29 is 27.0 Å². The molecule has 0 spiro atoms. The van der Waals surface area contributed by atoms with Crippen molar-refractivity contribution in [3.05, 3.63) is 93.0 Å². The van der Waals surface area contributed by atoms with E-state index in [9.17, 15) is 22.8 Å². The number of urea groups is 1. The first kappa shape index (κ1) is 25.3. The zero-order valence-corrected chi connectivity index (χ0v) is 21.9. The minimum Gasteiger partial charge on any atom is -0.378 e. The number of rotatable bonds is 5. The molecule has 1 N–H and O–H groups in total. The lowest BCUT2D eigenvalue weighted by Crippen LogP contribution is -2.54. The summed E-state index contributed by atoms with van der Waals surface area (Å²) < 4.78 is 30.8. The van der Waals surface area contributed by atoms with E-state index in [4.69, 9.17) is 4.18 Å². The quantitative estimate of drug-likeness (QED) is 0.269. The molecule has 0 atom stereocenters. The van der Waals surface area contributed by atoms with Gasteiger partial charge in [-0.05, 0) is 89.8 Å². The third-order valence-corrected chi connectivity index (χ3v) is 7.35. The number of aryl methyl sites for hydroxylation is 3. The van der Waals surface area contributed by atoms with Crippen LogP contribution in [0.3, 0.4) is 0 Å². The molecule has 0 saturated carbocycles. The molecule has 1 saturated heterocycles. The second-order valence-electron chi connectivity index (χ2n) is 8.29.